The van der Waals surface area contributed by atoms with Crippen LogP contribution in [0.1, 0.15) is 28.9 Å². The van der Waals surface area contributed by atoms with Gasteiger partial charge in [-0.15, -0.1) is 0 Å². The molecule has 0 spiro atoms. The van der Waals surface area contributed by atoms with Gasteiger partial charge >= 0.3 is 0 Å². The van der Waals surface area contributed by atoms with Crippen LogP contribution in [0.4, 0.5) is 11.5 Å². The molecule has 1 unspecified atom stereocenters. The van der Waals surface area contributed by atoms with E-state index in [4.69, 9.17) is 23.1 Å². The molecule has 5 nitrogen and oxygen atoms in total. The fourth-order valence-corrected chi connectivity index (χ4v) is 2.15. The van der Waals surface area contributed by atoms with Gasteiger partial charge in [0.1, 0.15) is 5.82 Å². The number of halogens is 1. The van der Waals surface area contributed by atoms with Crippen LogP contribution in [0.15, 0.2) is 36.5 Å². The minimum absolute atomic E-state index is 0.0547. The van der Waals surface area contributed by atoms with Crippen molar-refractivity contribution in [2.45, 2.75) is 13.0 Å². The third-order valence-corrected chi connectivity index (χ3v) is 3.73. The molecule has 1 heterocycles. The number of aromatic nitrogens is 1. The van der Waals surface area contributed by atoms with Crippen LogP contribution in [0.3, 0.4) is 0 Å². The van der Waals surface area contributed by atoms with Gasteiger partial charge in [-0.25, -0.2) is 4.98 Å². The van der Waals surface area contributed by atoms with E-state index in [0.29, 0.717) is 10.8 Å². The lowest BCUT2D eigenvalue weighted by molar-refractivity contribution is 0.100. The van der Waals surface area contributed by atoms with Crippen molar-refractivity contribution >= 4 is 29.0 Å². The second kappa shape index (κ2) is 6.01. The number of benzene rings is 1. The predicted octanol–water partition coefficient (Wildman–Crippen LogP) is 2.61. The number of primary amides is 1. The van der Waals surface area contributed by atoms with Crippen molar-refractivity contribution in [1.82, 2.24) is 4.98 Å². The van der Waals surface area contributed by atoms with Crippen LogP contribution in [-0.2, 0) is 0 Å². The van der Waals surface area contributed by atoms with E-state index in [1.165, 1.54) is 6.20 Å². The molecule has 0 saturated heterocycles. The van der Waals surface area contributed by atoms with Gasteiger partial charge in [0.25, 0.3) is 5.91 Å². The van der Waals surface area contributed by atoms with Crippen molar-refractivity contribution in [2.24, 2.45) is 5.73 Å². The molecule has 1 aromatic carbocycles. The maximum absolute atomic E-state index is 11.4. The maximum atomic E-state index is 11.4. The van der Waals surface area contributed by atoms with Gasteiger partial charge in [0, 0.05) is 12.1 Å². The SMILES string of the molecule is CC(c1ccc(Cl)cc1)N(C)c1cc(C(N)=O)c(N)cn1. The first kappa shape index (κ1) is 15.1. The van der Waals surface area contributed by atoms with Gasteiger partial charge in [0.2, 0.25) is 0 Å². The van der Waals surface area contributed by atoms with Crippen molar-refractivity contribution in [3.63, 3.8) is 0 Å². The van der Waals surface area contributed by atoms with Crippen LogP contribution in [0.25, 0.3) is 0 Å². The number of nitrogens with two attached hydrogens (primary N) is 2. The lowest BCUT2D eigenvalue weighted by Crippen LogP contribution is -2.24. The van der Waals surface area contributed by atoms with Gasteiger partial charge in [-0.1, -0.05) is 23.7 Å². The highest BCUT2D eigenvalue weighted by molar-refractivity contribution is 6.30. The molecule has 21 heavy (non-hydrogen) atoms. The van der Waals surface area contributed by atoms with Gasteiger partial charge in [0.05, 0.1) is 23.5 Å². The molecule has 2 rings (SSSR count). The average Bonchev–Trinajstić information content (AvgIpc) is 2.46. The Morgan fingerprint density at radius 2 is 1.95 bits per heavy atom. The Morgan fingerprint density at radius 1 is 1.33 bits per heavy atom. The molecule has 1 atom stereocenters. The quantitative estimate of drug-likeness (QED) is 0.909. The minimum Gasteiger partial charge on any atom is -0.397 e. The molecule has 0 aliphatic carbocycles. The van der Waals surface area contributed by atoms with Crippen LogP contribution >= 0.6 is 11.6 Å². The number of hydrogen-bond acceptors (Lipinski definition) is 4. The number of anilines is 2. The highest BCUT2D eigenvalue weighted by atomic mass is 35.5. The summed E-state index contributed by atoms with van der Waals surface area (Å²) in [5, 5.41) is 0.690. The molecular weight excluding hydrogens is 288 g/mol. The fraction of sp³-hybridized carbons (Fsp3) is 0.200. The van der Waals surface area contributed by atoms with E-state index in [1.54, 1.807) is 6.07 Å². The Morgan fingerprint density at radius 3 is 2.52 bits per heavy atom. The Bertz CT molecular complexity index is 657. The van der Waals surface area contributed by atoms with E-state index in [0.717, 1.165) is 5.56 Å². The Labute approximate surface area is 128 Å². The Balaban J connectivity index is 2.31. The van der Waals surface area contributed by atoms with Crippen LogP contribution in [0, 0.1) is 0 Å². The maximum Gasteiger partial charge on any atom is 0.250 e. The predicted molar refractivity (Wildman–Crippen MR) is 85.4 cm³/mol. The first-order valence-electron chi connectivity index (χ1n) is 6.43. The molecule has 0 saturated carbocycles. The first-order valence-corrected chi connectivity index (χ1v) is 6.81. The van der Waals surface area contributed by atoms with Crippen LogP contribution in [-0.4, -0.2) is 17.9 Å². The van der Waals surface area contributed by atoms with E-state index in [-0.39, 0.29) is 17.3 Å². The summed E-state index contributed by atoms with van der Waals surface area (Å²) in [4.78, 5) is 17.5. The molecule has 0 bridgehead atoms. The zero-order valence-corrected chi connectivity index (χ0v) is 12.6. The lowest BCUT2D eigenvalue weighted by Gasteiger charge is -2.26. The van der Waals surface area contributed by atoms with Crippen LogP contribution < -0.4 is 16.4 Å². The van der Waals surface area contributed by atoms with Gasteiger partial charge in [0.15, 0.2) is 0 Å². The lowest BCUT2D eigenvalue weighted by atomic mass is 10.1. The van der Waals surface area contributed by atoms with E-state index >= 15 is 0 Å². The fourth-order valence-electron chi connectivity index (χ4n) is 2.02. The third kappa shape index (κ3) is 3.25. The van der Waals surface area contributed by atoms with Gasteiger partial charge in [-0.3, -0.25) is 4.79 Å². The molecular formula is C15H17ClN4O. The summed E-state index contributed by atoms with van der Waals surface area (Å²) < 4.78 is 0. The molecule has 0 fully saturated rings. The molecule has 110 valence electrons. The van der Waals surface area contributed by atoms with Crippen molar-refractivity contribution in [3.8, 4) is 0 Å². The average molecular weight is 305 g/mol. The van der Waals surface area contributed by atoms with Crippen molar-refractivity contribution in [1.29, 1.82) is 0 Å². The molecule has 0 aliphatic rings. The number of carbonyl (C=O) groups is 1. The van der Waals surface area contributed by atoms with Gasteiger partial charge in [-0.2, -0.15) is 0 Å². The monoisotopic (exact) mass is 304 g/mol. The van der Waals surface area contributed by atoms with Gasteiger partial charge in [-0.05, 0) is 30.7 Å². The summed E-state index contributed by atoms with van der Waals surface area (Å²) in [6, 6.07) is 9.24. The topological polar surface area (TPSA) is 85.2 Å². The molecule has 1 aromatic heterocycles. The molecule has 2 aromatic rings. The zero-order valence-electron chi connectivity index (χ0n) is 11.9. The minimum atomic E-state index is -0.566. The number of pyridine rings is 1. The smallest absolute Gasteiger partial charge is 0.250 e. The highest BCUT2D eigenvalue weighted by Crippen LogP contribution is 2.26. The number of carbonyl (C=O) groups excluding carboxylic acids is 1. The molecule has 6 heteroatoms. The molecule has 1 amide bonds. The van der Waals surface area contributed by atoms with E-state index < -0.39 is 5.91 Å². The highest BCUT2D eigenvalue weighted by Gasteiger charge is 2.16. The number of rotatable bonds is 4. The summed E-state index contributed by atoms with van der Waals surface area (Å²) in [7, 11) is 1.89. The summed E-state index contributed by atoms with van der Waals surface area (Å²) >= 11 is 5.89. The van der Waals surface area contributed by atoms with Crippen molar-refractivity contribution < 1.29 is 4.79 Å². The van der Waals surface area contributed by atoms with E-state index in [9.17, 15) is 4.79 Å². The van der Waals surface area contributed by atoms with Crippen molar-refractivity contribution in [2.75, 3.05) is 17.7 Å². The standard InChI is InChI=1S/C15H17ClN4O/c1-9(10-3-5-11(16)6-4-10)20(2)14-7-12(15(18)21)13(17)8-19-14/h3-9H,17H2,1-2H3,(H2,18,21). The van der Waals surface area contributed by atoms with Crippen LogP contribution in [0.2, 0.25) is 5.02 Å². The van der Waals surface area contributed by atoms with Crippen molar-refractivity contribution in [3.05, 3.63) is 52.7 Å². The normalized spacial score (nSPS) is 12.0. The van der Waals surface area contributed by atoms with Crippen LogP contribution in [0.5, 0.6) is 0 Å². The Kier molecular flexibility index (Phi) is 4.33. The summed E-state index contributed by atoms with van der Waals surface area (Å²) in [5.41, 5.74) is 12.6. The zero-order chi connectivity index (χ0) is 15.6. The summed E-state index contributed by atoms with van der Waals surface area (Å²) in [5.74, 6) is 0.0594. The first-order chi connectivity index (χ1) is 9.90. The number of nitrogen functional groups attached to an aromatic ring is 1. The largest absolute Gasteiger partial charge is 0.397 e. The van der Waals surface area contributed by atoms with Gasteiger partial charge < -0.3 is 16.4 Å². The molecule has 0 aliphatic heterocycles. The second-order valence-corrected chi connectivity index (χ2v) is 5.27. The number of amides is 1. The van der Waals surface area contributed by atoms with E-state index in [2.05, 4.69) is 4.98 Å². The molecule has 0 radical (unpaired) electrons. The third-order valence-electron chi connectivity index (χ3n) is 3.48. The summed E-state index contributed by atoms with van der Waals surface area (Å²) in [6.45, 7) is 2.03. The second-order valence-electron chi connectivity index (χ2n) is 4.83. The number of nitrogens with zero attached hydrogens (tertiary/aromatic N) is 2. The number of hydrogen-bond donors (Lipinski definition) is 2. The molecule has 4 N–H and O–H groups in total. The van der Waals surface area contributed by atoms with E-state index in [1.807, 2.05) is 43.1 Å². The Hall–Kier alpha value is -2.27. The summed E-state index contributed by atoms with van der Waals surface area (Å²) in [6.07, 6.45) is 1.44.